The molecule has 1 aromatic rings. The fourth-order valence-corrected chi connectivity index (χ4v) is 1.99. The van der Waals surface area contributed by atoms with Gasteiger partial charge >= 0.3 is 5.97 Å². The number of hydrogen-bond donors (Lipinski definition) is 2. The zero-order chi connectivity index (χ0) is 14.3. The number of nitrogens with zero attached hydrogens (tertiary/aromatic N) is 3. The van der Waals surface area contributed by atoms with Crippen LogP contribution in [0.2, 0.25) is 0 Å². The van der Waals surface area contributed by atoms with E-state index in [1.807, 2.05) is 0 Å². The first-order valence-electron chi connectivity index (χ1n) is 5.57. The number of aromatic nitrogens is 3. The Morgan fingerprint density at radius 3 is 3.00 bits per heavy atom. The Bertz CT molecular complexity index is 437. The van der Waals surface area contributed by atoms with Crippen molar-refractivity contribution in [3.05, 3.63) is 6.33 Å². The zero-order valence-corrected chi connectivity index (χ0v) is 11.5. The van der Waals surface area contributed by atoms with Crippen molar-refractivity contribution in [3.63, 3.8) is 0 Å². The van der Waals surface area contributed by atoms with Crippen LogP contribution in [0.1, 0.15) is 13.0 Å². The molecule has 19 heavy (non-hydrogen) atoms. The lowest BCUT2D eigenvalue weighted by Crippen LogP contribution is -2.33. The van der Waals surface area contributed by atoms with Crippen LogP contribution >= 0.6 is 11.8 Å². The highest BCUT2D eigenvalue weighted by Gasteiger charge is 2.18. The molecule has 1 unspecified atom stereocenters. The van der Waals surface area contributed by atoms with Gasteiger partial charge in [-0.25, -0.2) is 0 Å². The van der Waals surface area contributed by atoms with E-state index in [9.17, 15) is 9.59 Å². The molecule has 0 bridgehead atoms. The van der Waals surface area contributed by atoms with Crippen molar-refractivity contribution in [2.75, 3.05) is 26.0 Å². The molecule has 1 aromatic heterocycles. The molecule has 0 radical (unpaired) electrons. The molecule has 2 N–H and O–H groups in total. The largest absolute Gasteiger partial charge is 0.481 e. The Morgan fingerprint density at radius 2 is 2.37 bits per heavy atom. The number of rotatable bonds is 8. The van der Waals surface area contributed by atoms with Crippen molar-refractivity contribution in [2.24, 2.45) is 0 Å². The van der Waals surface area contributed by atoms with E-state index in [4.69, 9.17) is 9.84 Å². The standard InChI is InChI=1S/C10H16N4O4S/c1-7(9(17)11-3-4-18-2)14-6-12-13-10(14)19-5-8(15)16/h6-7H,3-5H2,1-2H3,(H,11,17)(H,15,16). The lowest BCUT2D eigenvalue weighted by Gasteiger charge is -2.14. The summed E-state index contributed by atoms with van der Waals surface area (Å²) in [5.41, 5.74) is 0. The smallest absolute Gasteiger partial charge is 0.313 e. The second-order valence-corrected chi connectivity index (χ2v) is 4.61. The molecular formula is C10H16N4O4S. The predicted octanol–water partition coefficient (Wildman–Crippen LogP) is -0.222. The Morgan fingerprint density at radius 1 is 1.63 bits per heavy atom. The molecule has 1 atom stereocenters. The van der Waals surface area contributed by atoms with E-state index >= 15 is 0 Å². The number of carbonyl (C=O) groups is 2. The van der Waals surface area contributed by atoms with Crippen LogP contribution in [0.15, 0.2) is 11.5 Å². The van der Waals surface area contributed by atoms with Crippen LogP contribution in [0.3, 0.4) is 0 Å². The third-order valence-electron chi connectivity index (χ3n) is 2.27. The molecule has 0 aromatic carbocycles. The van der Waals surface area contributed by atoms with Gasteiger partial charge in [0.05, 0.1) is 12.4 Å². The van der Waals surface area contributed by atoms with Crippen LogP contribution in [-0.2, 0) is 14.3 Å². The van der Waals surface area contributed by atoms with Gasteiger partial charge in [-0.3, -0.25) is 14.2 Å². The number of methoxy groups -OCH3 is 1. The molecule has 0 aliphatic rings. The average molecular weight is 288 g/mol. The number of ether oxygens (including phenoxy) is 1. The average Bonchev–Trinajstić information content (AvgIpc) is 2.83. The predicted molar refractivity (Wildman–Crippen MR) is 68.0 cm³/mol. The molecule has 1 amide bonds. The number of nitrogens with one attached hydrogen (secondary N) is 1. The Kier molecular flexibility index (Phi) is 6.30. The molecule has 8 nitrogen and oxygen atoms in total. The van der Waals surface area contributed by atoms with Crippen molar-refractivity contribution in [3.8, 4) is 0 Å². The Hall–Kier alpha value is -1.61. The van der Waals surface area contributed by atoms with E-state index < -0.39 is 12.0 Å². The molecule has 0 aliphatic carbocycles. The molecule has 1 heterocycles. The quantitative estimate of drug-likeness (QED) is 0.503. The summed E-state index contributed by atoms with van der Waals surface area (Å²) in [5, 5.41) is 19.2. The van der Waals surface area contributed by atoms with Crippen molar-refractivity contribution in [1.82, 2.24) is 20.1 Å². The van der Waals surface area contributed by atoms with Crippen molar-refractivity contribution >= 4 is 23.6 Å². The van der Waals surface area contributed by atoms with E-state index in [2.05, 4.69) is 15.5 Å². The summed E-state index contributed by atoms with van der Waals surface area (Å²) in [7, 11) is 1.55. The normalized spacial score (nSPS) is 12.1. The van der Waals surface area contributed by atoms with Crippen molar-refractivity contribution in [1.29, 1.82) is 0 Å². The maximum atomic E-state index is 11.8. The highest BCUT2D eigenvalue weighted by atomic mass is 32.2. The number of carboxylic acids is 1. The van der Waals surface area contributed by atoms with Crippen LogP contribution < -0.4 is 5.32 Å². The van der Waals surface area contributed by atoms with Gasteiger partial charge in [-0.1, -0.05) is 11.8 Å². The summed E-state index contributed by atoms with van der Waals surface area (Å²) >= 11 is 1.02. The van der Waals surface area contributed by atoms with E-state index in [-0.39, 0.29) is 11.7 Å². The summed E-state index contributed by atoms with van der Waals surface area (Å²) in [6.07, 6.45) is 1.41. The first-order valence-corrected chi connectivity index (χ1v) is 6.55. The molecule has 0 aliphatic heterocycles. The topological polar surface area (TPSA) is 106 Å². The lowest BCUT2D eigenvalue weighted by molar-refractivity contribution is -0.133. The van der Waals surface area contributed by atoms with E-state index in [1.54, 1.807) is 14.0 Å². The van der Waals surface area contributed by atoms with E-state index in [0.717, 1.165) is 11.8 Å². The van der Waals surface area contributed by atoms with Crippen molar-refractivity contribution < 1.29 is 19.4 Å². The van der Waals surface area contributed by atoms with Crippen LogP contribution in [0.5, 0.6) is 0 Å². The van der Waals surface area contributed by atoms with Gasteiger partial charge in [0.25, 0.3) is 0 Å². The maximum Gasteiger partial charge on any atom is 0.313 e. The third kappa shape index (κ3) is 4.87. The summed E-state index contributed by atoms with van der Waals surface area (Å²) in [4.78, 5) is 22.4. The molecule has 0 fully saturated rings. The molecule has 1 rings (SSSR count). The van der Waals surface area contributed by atoms with Gasteiger partial charge in [-0.15, -0.1) is 10.2 Å². The monoisotopic (exact) mass is 288 g/mol. The minimum Gasteiger partial charge on any atom is -0.481 e. The Balaban J connectivity index is 2.60. The van der Waals surface area contributed by atoms with Crippen LogP contribution in [0.4, 0.5) is 0 Å². The second kappa shape index (κ2) is 7.74. The fraction of sp³-hybridized carbons (Fsp3) is 0.600. The van der Waals surface area contributed by atoms with E-state index in [0.29, 0.717) is 18.3 Å². The zero-order valence-electron chi connectivity index (χ0n) is 10.7. The fourth-order valence-electron chi connectivity index (χ4n) is 1.28. The first kappa shape index (κ1) is 15.4. The van der Waals surface area contributed by atoms with Crippen molar-refractivity contribution in [2.45, 2.75) is 18.1 Å². The minimum absolute atomic E-state index is 0.128. The highest BCUT2D eigenvalue weighted by molar-refractivity contribution is 7.99. The molecular weight excluding hydrogens is 272 g/mol. The summed E-state index contributed by atoms with van der Waals surface area (Å²) in [6, 6.07) is -0.511. The van der Waals surface area contributed by atoms with Gasteiger partial charge in [-0.2, -0.15) is 0 Å². The van der Waals surface area contributed by atoms with Crippen LogP contribution in [0.25, 0.3) is 0 Å². The Labute approximate surface area is 114 Å². The number of carbonyl (C=O) groups excluding carboxylic acids is 1. The SMILES string of the molecule is COCCNC(=O)C(C)n1cnnc1SCC(=O)O. The van der Waals surface area contributed by atoms with Gasteiger partial charge in [0.1, 0.15) is 12.4 Å². The van der Waals surface area contributed by atoms with Gasteiger partial charge in [0, 0.05) is 13.7 Å². The van der Waals surface area contributed by atoms with Crippen LogP contribution in [0, 0.1) is 0 Å². The molecule has 106 valence electrons. The molecule has 0 spiro atoms. The van der Waals surface area contributed by atoms with Crippen LogP contribution in [-0.4, -0.2) is 57.8 Å². The number of thioether (sulfide) groups is 1. The summed E-state index contributed by atoms with van der Waals surface area (Å²) in [5.74, 6) is -1.28. The summed E-state index contributed by atoms with van der Waals surface area (Å²) < 4.78 is 6.37. The first-order chi connectivity index (χ1) is 9.06. The third-order valence-corrected chi connectivity index (χ3v) is 3.21. The molecule has 0 saturated heterocycles. The molecule has 9 heteroatoms. The van der Waals surface area contributed by atoms with Gasteiger partial charge in [-0.05, 0) is 6.92 Å². The van der Waals surface area contributed by atoms with Gasteiger partial charge in [0.15, 0.2) is 5.16 Å². The number of amides is 1. The number of carboxylic acid groups (broad SMARTS) is 1. The molecule has 0 saturated carbocycles. The van der Waals surface area contributed by atoms with Gasteiger partial charge in [0.2, 0.25) is 5.91 Å². The number of aliphatic carboxylic acids is 1. The van der Waals surface area contributed by atoms with Gasteiger partial charge < -0.3 is 15.2 Å². The summed E-state index contributed by atoms with van der Waals surface area (Å²) in [6.45, 7) is 2.54. The lowest BCUT2D eigenvalue weighted by atomic mass is 10.3. The van der Waals surface area contributed by atoms with E-state index in [1.165, 1.54) is 10.9 Å². The number of hydrogen-bond acceptors (Lipinski definition) is 6. The minimum atomic E-state index is -0.947. The highest BCUT2D eigenvalue weighted by Crippen LogP contribution is 2.18. The second-order valence-electron chi connectivity index (χ2n) is 3.66. The maximum absolute atomic E-state index is 11.8.